The molecule has 0 bridgehead atoms. The summed E-state index contributed by atoms with van der Waals surface area (Å²) in [6, 6.07) is 11.5. The summed E-state index contributed by atoms with van der Waals surface area (Å²) in [6.07, 6.45) is 0. The Morgan fingerprint density at radius 1 is 1.24 bits per heavy atom. The Kier molecular flexibility index (Phi) is 5.15. The third-order valence-electron chi connectivity index (χ3n) is 2.96. The highest BCUT2D eigenvalue weighted by atomic mass is 35.5. The van der Waals surface area contributed by atoms with Gasteiger partial charge in [0.05, 0.1) is 11.6 Å². The lowest BCUT2D eigenvalue weighted by Gasteiger charge is -2.12. The molecule has 0 aromatic heterocycles. The van der Waals surface area contributed by atoms with Crippen LogP contribution in [0.1, 0.15) is 16.7 Å². The van der Waals surface area contributed by atoms with Crippen LogP contribution in [0.25, 0.3) is 0 Å². The van der Waals surface area contributed by atoms with Gasteiger partial charge >= 0.3 is 0 Å². The van der Waals surface area contributed by atoms with Crippen molar-refractivity contribution >= 4 is 11.6 Å². The van der Waals surface area contributed by atoms with Gasteiger partial charge in [-0.1, -0.05) is 17.7 Å². The molecule has 0 aliphatic rings. The first-order valence-electron chi connectivity index (χ1n) is 6.38. The summed E-state index contributed by atoms with van der Waals surface area (Å²) in [5, 5.41) is 12.4. The van der Waals surface area contributed by atoms with Crippen LogP contribution >= 0.6 is 11.6 Å². The Labute approximate surface area is 127 Å². The average molecular weight is 305 g/mol. The molecular formula is C16H14ClFN2O. The zero-order valence-corrected chi connectivity index (χ0v) is 12.2. The van der Waals surface area contributed by atoms with E-state index < -0.39 is 5.82 Å². The van der Waals surface area contributed by atoms with Crippen molar-refractivity contribution in [1.29, 1.82) is 5.26 Å². The summed E-state index contributed by atoms with van der Waals surface area (Å²) in [5.41, 5.74) is 1.59. The third kappa shape index (κ3) is 3.94. The van der Waals surface area contributed by atoms with Crippen molar-refractivity contribution in [3.63, 3.8) is 0 Å². The van der Waals surface area contributed by atoms with E-state index >= 15 is 0 Å². The number of nitrogens with zero attached hydrogens (tertiary/aromatic N) is 1. The SMILES string of the molecule is CNCc1cc(Cl)ccc1OCc1ccc(C#N)cc1F. The van der Waals surface area contributed by atoms with Crippen molar-refractivity contribution in [2.75, 3.05) is 7.05 Å². The molecular weight excluding hydrogens is 291 g/mol. The molecule has 0 aliphatic carbocycles. The van der Waals surface area contributed by atoms with Crippen LogP contribution in [0, 0.1) is 17.1 Å². The third-order valence-corrected chi connectivity index (χ3v) is 3.19. The molecule has 0 fully saturated rings. The molecule has 0 saturated heterocycles. The van der Waals surface area contributed by atoms with Gasteiger partial charge in [-0.3, -0.25) is 0 Å². The number of hydrogen-bond acceptors (Lipinski definition) is 3. The van der Waals surface area contributed by atoms with Crippen LogP contribution in [0.4, 0.5) is 4.39 Å². The van der Waals surface area contributed by atoms with E-state index in [2.05, 4.69) is 5.32 Å². The summed E-state index contributed by atoms with van der Waals surface area (Å²) < 4.78 is 19.5. The molecule has 0 amide bonds. The summed E-state index contributed by atoms with van der Waals surface area (Å²) in [5.74, 6) is 0.204. The first-order chi connectivity index (χ1) is 10.1. The van der Waals surface area contributed by atoms with Gasteiger partial charge in [-0.2, -0.15) is 5.26 Å². The van der Waals surface area contributed by atoms with Gasteiger partial charge in [-0.05, 0) is 37.4 Å². The van der Waals surface area contributed by atoms with Crippen molar-refractivity contribution in [3.05, 3.63) is 63.9 Å². The Balaban J connectivity index is 2.15. The molecule has 0 radical (unpaired) electrons. The van der Waals surface area contributed by atoms with E-state index in [4.69, 9.17) is 21.6 Å². The van der Waals surface area contributed by atoms with Crippen molar-refractivity contribution in [2.24, 2.45) is 0 Å². The smallest absolute Gasteiger partial charge is 0.131 e. The van der Waals surface area contributed by atoms with Gasteiger partial charge in [0.15, 0.2) is 0 Å². The molecule has 0 spiro atoms. The molecule has 3 nitrogen and oxygen atoms in total. The zero-order chi connectivity index (χ0) is 15.2. The van der Waals surface area contributed by atoms with Crippen LogP contribution in [0.15, 0.2) is 36.4 Å². The lowest BCUT2D eigenvalue weighted by molar-refractivity contribution is 0.296. The van der Waals surface area contributed by atoms with Gasteiger partial charge in [0.2, 0.25) is 0 Å². The molecule has 0 unspecified atom stereocenters. The number of benzene rings is 2. The maximum atomic E-state index is 13.8. The van der Waals surface area contributed by atoms with E-state index in [1.54, 1.807) is 24.3 Å². The minimum atomic E-state index is -0.446. The minimum Gasteiger partial charge on any atom is -0.488 e. The highest BCUT2D eigenvalue weighted by molar-refractivity contribution is 6.30. The van der Waals surface area contributed by atoms with Gasteiger partial charge in [-0.25, -0.2) is 4.39 Å². The molecule has 0 aliphatic heterocycles. The fraction of sp³-hybridized carbons (Fsp3) is 0.188. The molecule has 5 heteroatoms. The summed E-state index contributed by atoms with van der Waals surface area (Å²) in [7, 11) is 1.82. The molecule has 0 heterocycles. The molecule has 0 saturated carbocycles. The molecule has 2 aromatic rings. The lowest BCUT2D eigenvalue weighted by Crippen LogP contribution is -2.08. The van der Waals surface area contributed by atoms with Crippen LogP contribution in [0.5, 0.6) is 5.75 Å². The van der Waals surface area contributed by atoms with Gasteiger partial charge in [-0.15, -0.1) is 0 Å². The van der Waals surface area contributed by atoms with Crippen LogP contribution in [0.3, 0.4) is 0 Å². The monoisotopic (exact) mass is 304 g/mol. The second-order valence-electron chi connectivity index (χ2n) is 4.49. The second kappa shape index (κ2) is 7.07. The fourth-order valence-electron chi connectivity index (χ4n) is 1.91. The van der Waals surface area contributed by atoms with Gasteiger partial charge in [0, 0.05) is 22.7 Å². The van der Waals surface area contributed by atoms with Crippen LogP contribution in [0.2, 0.25) is 5.02 Å². The first-order valence-corrected chi connectivity index (χ1v) is 6.76. The Morgan fingerprint density at radius 3 is 2.71 bits per heavy atom. The Bertz CT molecular complexity index is 682. The number of nitrogens with one attached hydrogen (secondary N) is 1. The van der Waals surface area contributed by atoms with E-state index in [0.717, 1.165) is 5.56 Å². The van der Waals surface area contributed by atoms with E-state index in [0.29, 0.717) is 28.4 Å². The second-order valence-corrected chi connectivity index (χ2v) is 4.93. The zero-order valence-electron chi connectivity index (χ0n) is 11.5. The summed E-state index contributed by atoms with van der Waals surface area (Å²) in [6.45, 7) is 0.696. The normalized spacial score (nSPS) is 10.2. The van der Waals surface area contributed by atoms with E-state index in [1.807, 2.05) is 19.2 Å². The first kappa shape index (κ1) is 15.3. The average Bonchev–Trinajstić information content (AvgIpc) is 2.48. The lowest BCUT2D eigenvalue weighted by atomic mass is 10.1. The largest absolute Gasteiger partial charge is 0.488 e. The Hall–Kier alpha value is -2.09. The molecule has 2 aromatic carbocycles. The van der Waals surface area contributed by atoms with E-state index in [1.165, 1.54) is 6.07 Å². The summed E-state index contributed by atoms with van der Waals surface area (Å²) in [4.78, 5) is 0. The number of halogens is 2. The van der Waals surface area contributed by atoms with E-state index in [-0.39, 0.29) is 6.61 Å². The van der Waals surface area contributed by atoms with Crippen molar-refractivity contribution in [2.45, 2.75) is 13.2 Å². The molecule has 2 rings (SSSR count). The number of rotatable bonds is 5. The summed E-state index contributed by atoms with van der Waals surface area (Å²) >= 11 is 5.95. The molecule has 108 valence electrons. The molecule has 1 N–H and O–H groups in total. The fourth-order valence-corrected chi connectivity index (χ4v) is 2.10. The van der Waals surface area contributed by atoms with Crippen LogP contribution in [-0.4, -0.2) is 7.05 Å². The molecule has 0 atom stereocenters. The number of hydrogen-bond donors (Lipinski definition) is 1. The highest BCUT2D eigenvalue weighted by Gasteiger charge is 2.08. The predicted octanol–water partition coefficient (Wildman–Crippen LogP) is 3.65. The van der Waals surface area contributed by atoms with Gasteiger partial charge in [0.25, 0.3) is 0 Å². The molecule has 21 heavy (non-hydrogen) atoms. The number of nitriles is 1. The van der Waals surface area contributed by atoms with Crippen molar-refractivity contribution in [3.8, 4) is 11.8 Å². The minimum absolute atomic E-state index is 0.0931. The van der Waals surface area contributed by atoms with Crippen LogP contribution in [-0.2, 0) is 13.2 Å². The highest BCUT2D eigenvalue weighted by Crippen LogP contribution is 2.24. The van der Waals surface area contributed by atoms with E-state index in [9.17, 15) is 4.39 Å². The maximum absolute atomic E-state index is 13.8. The number of ether oxygens (including phenoxy) is 1. The Morgan fingerprint density at radius 2 is 2.05 bits per heavy atom. The predicted molar refractivity (Wildman–Crippen MR) is 79.7 cm³/mol. The van der Waals surface area contributed by atoms with Crippen molar-refractivity contribution in [1.82, 2.24) is 5.32 Å². The topological polar surface area (TPSA) is 45.0 Å². The quantitative estimate of drug-likeness (QED) is 0.917. The van der Waals surface area contributed by atoms with Gasteiger partial charge in [0.1, 0.15) is 18.2 Å². The van der Waals surface area contributed by atoms with Crippen molar-refractivity contribution < 1.29 is 9.13 Å². The standard InChI is InChI=1S/C16H14ClFN2O/c1-20-9-13-7-14(17)4-5-16(13)21-10-12-3-2-11(8-19)6-15(12)18/h2-7,20H,9-10H2,1H3. The van der Waals surface area contributed by atoms with Crippen LogP contribution < -0.4 is 10.1 Å². The van der Waals surface area contributed by atoms with Gasteiger partial charge < -0.3 is 10.1 Å². The maximum Gasteiger partial charge on any atom is 0.131 e.